The molecule has 0 aliphatic carbocycles. The zero-order valence-electron chi connectivity index (χ0n) is 9.86. The van der Waals surface area contributed by atoms with Crippen molar-refractivity contribution in [2.75, 3.05) is 19.6 Å². The lowest BCUT2D eigenvalue weighted by atomic mass is 10.3. The molecule has 0 spiro atoms. The second kappa shape index (κ2) is 4.91. The van der Waals surface area contributed by atoms with Crippen LogP contribution in [0.15, 0.2) is 23.1 Å². The third-order valence-corrected chi connectivity index (χ3v) is 4.75. The van der Waals surface area contributed by atoms with Crippen LogP contribution in [0, 0.1) is 11.6 Å². The van der Waals surface area contributed by atoms with Crippen LogP contribution in [-0.2, 0) is 10.0 Å². The van der Waals surface area contributed by atoms with E-state index in [1.807, 2.05) is 6.92 Å². The standard InChI is InChI=1S/C11H14F2N2O2S/c1-8-7-15(6-5-14-8)18(16,17)10-4-2-3-9(12)11(10)13/h2-4,8,14H,5-7H2,1H3. The van der Waals surface area contributed by atoms with E-state index in [-0.39, 0.29) is 19.1 Å². The molecule has 0 saturated carbocycles. The molecule has 1 heterocycles. The van der Waals surface area contributed by atoms with Gasteiger partial charge in [0.05, 0.1) is 0 Å². The van der Waals surface area contributed by atoms with Crippen LogP contribution in [0.1, 0.15) is 6.92 Å². The van der Waals surface area contributed by atoms with Crippen LogP contribution in [0.3, 0.4) is 0 Å². The van der Waals surface area contributed by atoms with Gasteiger partial charge in [-0.2, -0.15) is 4.31 Å². The monoisotopic (exact) mass is 276 g/mol. The Hall–Kier alpha value is -1.05. The number of nitrogens with zero attached hydrogens (tertiary/aromatic N) is 1. The molecule has 100 valence electrons. The van der Waals surface area contributed by atoms with E-state index in [2.05, 4.69) is 5.32 Å². The average Bonchev–Trinajstić information content (AvgIpc) is 2.32. The van der Waals surface area contributed by atoms with E-state index in [9.17, 15) is 17.2 Å². The fourth-order valence-corrected chi connectivity index (χ4v) is 3.54. The summed E-state index contributed by atoms with van der Waals surface area (Å²) in [5.41, 5.74) is 0. The molecule has 1 unspecified atom stereocenters. The van der Waals surface area contributed by atoms with Crippen molar-refractivity contribution in [1.82, 2.24) is 9.62 Å². The molecule has 1 aliphatic rings. The largest absolute Gasteiger partial charge is 0.312 e. The maximum Gasteiger partial charge on any atom is 0.246 e. The van der Waals surface area contributed by atoms with Crippen LogP contribution in [0.4, 0.5) is 8.78 Å². The molecule has 1 atom stereocenters. The molecule has 1 saturated heterocycles. The highest BCUT2D eigenvalue weighted by molar-refractivity contribution is 7.89. The number of benzene rings is 1. The summed E-state index contributed by atoms with van der Waals surface area (Å²) >= 11 is 0. The molecule has 1 aliphatic heterocycles. The lowest BCUT2D eigenvalue weighted by Crippen LogP contribution is -2.51. The van der Waals surface area contributed by atoms with E-state index in [0.29, 0.717) is 6.54 Å². The van der Waals surface area contributed by atoms with Gasteiger partial charge in [-0.1, -0.05) is 6.07 Å². The zero-order chi connectivity index (χ0) is 13.3. The molecule has 1 aromatic rings. The van der Waals surface area contributed by atoms with Crippen molar-refractivity contribution in [3.05, 3.63) is 29.8 Å². The van der Waals surface area contributed by atoms with Crippen molar-refractivity contribution in [3.8, 4) is 0 Å². The highest BCUT2D eigenvalue weighted by atomic mass is 32.2. The maximum atomic E-state index is 13.6. The first-order chi connectivity index (χ1) is 8.43. The molecule has 1 aromatic carbocycles. The smallest absolute Gasteiger partial charge is 0.246 e. The Morgan fingerprint density at radius 2 is 2.11 bits per heavy atom. The quantitative estimate of drug-likeness (QED) is 0.875. The van der Waals surface area contributed by atoms with Crippen LogP contribution >= 0.6 is 0 Å². The SMILES string of the molecule is CC1CN(S(=O)(=O)c2cccc(F)c2F)CCN1. The number of sulfonamides is 1. The summed E-state index contributed by atoms with van der Waals surface area (Å²) in [6, 6.07) is 3.16. The van der Waals surface area contributed by atoms with E-state index in [1.54, 1.807) is 0 Å². The van der Waals surface area contributed by atoms with Crippen LogP contribution in [0.2, 0.25) is 0 Å². The van der Waals surface area contributed by atoms with Gasteiger partial charge >= 0.3 is 0 Å². The topological polar surface area (TPSA) is 49.4 Å². The summed E-state index contributed by atoms with van der Waals surface area (Å²) in [4.78, 5) is -0.600. The van der Waals surface area contributed by atoms with Gasteiger partial charge in [0, 0.05) is 25.7 Å². The Morgan fingerprint density at radius 1 is 1.39 bits per heavy atom. The van der Waals surface area contributed by atoms with Gasteiger partial charge < -0.3 is 5.32 Å². The van der Waals surface area contributed by atoms with Crippen LogP contribution in [-0.4, -0.2) is 38.4 Å². The molecule has 2 rings (SSSR count). The predicted molar refractivity (Wildman–Crippen MR) is 62.6 cm³/mol. The normalized spacial score (nSPS) is 22.1. The van der Waals surface area contributed by atoms with Crippen molar-refractivity contribution >= 4 is 10.0 Å². The second-order valence-electron chi connectivity index (χ2n) is 4.27. The Kier molecular flexibility index (Phi) is 3.65. The van der Waals surface area contributed by atoms with Gasteiger partial charge in [-0.15, -0.1) is 0 Å². The Labute approximate surface area is 105 Å². The van der Waals surface area contributed by atoms with E-state index in [4.69, 9.17) is 0 Å². The third kappa shape index (κ3) is 2.38. The molecule has 0 bridgehead atoms. The lowest BCUT2D eigenvalue weighted by Gasteiger charge is -2.31. The molecule has 1 fully saturated rings. The average molecular weight is 276 g/mol. The minimum atomic E-state index is -3.97. The van der Waals surface area contributed by atoms with Gasteiger partial charge in [0.1, 0.15) is 4.90 Å². The van der Waals surface area contributed by atoms with Crippen molar-refractivity contribution in [1.29, 1.82) is 0 Å². The van der Waals surface area contributed by atoms with Crippen LogP contribution in [0.25, 0.3) is 0 Å². The summed E-state index contributed by atoms with van der Waals surface area (Å²) in [5, 5.41) is 3.09. The molecule has 4 nitrogen and oxygen atoms in total. The number of hydrogen-bond acceptors (Lipinski definition) is 3. The first kappa shape index (κ1) is 13.4. The number of nitrogens with one attached hydrogen (secondary N) is 1. The van der Waals surface area contributed by atoms with Gasteiger partial charge in [0.25, 0.3) is 0 Å². The van der Waals surface area contributed by atoms with Crippen LogP contribution in [0.5, 0.6) is 0 Å². The lowest BCUT2D eigenvalue weighted by molar-refractivity contribution is 0.308. The molecule has 1 N–H and O–H groups in total. The number of rotatable bonds is 2. The zero-order valence-corrected chi connectivity index (χ0v) is 10.7. The van der Waals surface area contributed by atoms with Crippen molar-refractivity contribution in [2.45, 2.75) is 17.9 Å². The fraction of sp³-hybridized carbons (Fsp3) is 0.455. The van der Waals surface area contributed by atoms with Crippen molar-refractivity contribution in [3.63, 3.8) is 0 Å². The van der Waals surface area contributed by atoms with E-state index < -0.39 is 26.6 Å². The second-order valence-corrected chi connectivity index (χ2v) is 6.18. The molecule has 0 amide bonds. The van der Waals surface area contributed by atoms with Crippen LogP contribution < -0.4 is 5.32 Å². The Morgan fingerprint density at radius 3 is 2.78 bits per heavy atom. The number of hydrogen-bond donors (Lipinski definition) is 1. The first-order valence-electron chi connectivity index (χ1n) is 5.60. The van der Waals surface area contributed by atoms with E-state index in [1.165, 1.54) is 10.4 Å². The number of piperazine rings is 1. The Bertz CT molecular complexity index is 548. The molecular formula is C11H14F2N2O2S. The van der Waals surface area contributed by atoms with Gasteiger partial charge in [0.15, 0.2) is 11.6 Å². The van der Waals surface area contributed by atoms with Gasteiger partial charge in [0.2, 0.25) is 10.0 Å². The third-order valence-electron chi connectivity index (χ3n) is 2.87. The maximum absolute atomic E-state index is 13.6. The van der Waals surface area contributed by atoms with Gasteiger partial charge in [-0.3, -0.25) is 0 Å². The summed E-state index contributed by atoms with van der Waals surface area (Å²) in [5.74, 6) is -2.47. The van der Waals surface area contributed by atoms with Gasteiger partial charge in [-0.25, -0.2) is 17.2 Å². The van der Waals surface area contributed by atoms with E-state index in [0.717, 1.165) is 12.1 Å². The predicted octanol–water partition coefficient (Wildman–Crippen LogP) is 0.947. The van der Waals surface area contributed by atoms with Gasteiger partial charge in [-0.05, 0) is 19.1 Å². The molecule has 18 heavy (non-hydrogen) atoms. The fourth-order valence-electron chi connectivity index (χ4n) is 1.94. The highest BCUT2D eigenvalue weighted by Crippen LogP contribution is 2.21. The summed E-state index contributed by atoms with van der Waals surface area (Å²) in [6.45, 7) is 2.84. The Balaban J connectivity index is 2.39. The summed E-state index contributed by atoms with van der Waals surface area (Å²) in [7, 11) is -3.97. The molecular weight excluding hydrogens is 262 g/mol. The molecule has 7 heteroatoms. The summed E-state index contributed by atoms with van der Waals surface area (Å²) < 4.78 is 52.2. The highest BCUT2D eigenvalue weighted by Gasteiger charge is 2.31. The summed E-state index contributed by atoms with van der Waals surface area (Å²) in [6.07, 6.45) is 0. The van der Waals surface area contributed by atoms with Crippen molar-refractivity contribution < 1.29 is 17.2 Å². The number of halogens is 2. The van der Waals surface area contributed by atoms with E-state index >= 15 is 0 Å². The minimum Gasteiger partial charge on any atom is -0.312 e. The molecule has 0 radical (unpaired) electrons. The van der Waals surface area contributed by atoms with Crippen molar-refractivity contribution in [2.24, 2.45) is 0 Å². The first-order valence-corrected chi connectivity index (χ1v) is 7.04. The minimum absolute atomic E-state index is 0.00912. The molecule has 0 aromatic heterocycles.